The number of nitrogen functional groups attached to an aromatic ring is 1. The van der Waals surface area contributed by atoms with Crippen molar-refractivity contribution in [3.63, 3.8) is 0 Å². The van der Waals surface area contributed by atoms with Gasteiger partial charge in [-0.05, 0) is 20.3 Å². The topological polar surface area (TPSA) is 113 Å². The van der Waals surface area contributed by atoms with Crippen molar-refractivity contribution in [1.29, 1.82) is 0 Å². The second kappa shape index (κ2) is 7.99. The van der Waals surface area contributed by atoms with Gasteiger partial charge in [0, 0.05) is 56.0 Å². The van der Waals surface area contributed by atoms with Gasteiger partial charge in [0.15, 0.2) is 0 Å². The molecule has 0 saturated heterocycles. The third-order valence-corrected chi connectivity index (χ3v) is 4.33. The molecule has 2 aromatic rings. The van der Waals surface area contributed by atoms with E-state index in [-0.39, 0.29) is 11.9 Å². The smallest absolute Gasteiger partial charge is 0.246 e. The number of nitrogens with two attached hydrogens (primary N) is 1. The van der Waals surface area contributed by atoms with E-state index < -0.39 is 0 Å². The molecule has 1 aliphatic heterocycles. The number of aromatic nitrogens is 4. The fourth-order valence-corrected chi connectivity index (χ4v) is 3.06. The summed E-state index contributed by atoms with van der Waals surface area (Å²) < 4.78 is 0. The van der Waals surface area contributed by atoms with Gasteiger partial charge in [0.05, 0.1) is 12.0 Å². The summed E-state index contributed by atoms with van der Waals surface area (Å²) in [6.45, 7) is 5.86. The average molecular weight is 355 g/mol. The molecule has 26 heavy (non-hydrogen) atoms. The Morgan fingerprint density at radius 3 is 2.88 bits per heavy atom. The molecular formula is C18H25N7O. The maximum absolute atomic E-state index is 12.3. The molecule has 1 amide bonds. The molecule has 1 aliphatic rings. The van der Waals surface area contributed by atoms with E-state index in [9.17, 15) is 4.79 Å². The maximum Gasteiger partial charge on any atom is 0.246 e. The van der Waals surface area contributed by atoms with Gasteiger partial charge >= 0.3 is 0 Å². The monoisotopic (exact) mass is 355 g/mol. The fourth-order valence-electron chi connectivity index (χ4n) is 3.06. The molecule has 3 rings (SSSR count). The van der Waals surface area contributed by atoms with Crippen molar-refractivity contribution in [3.8, 4) is 0 Å². The SMILES string of the molecule is CC(C)=CC(=O)N1CCc2nc(N)nc(NCCc3cnc[nH]3)c2CC1. The molecule has 0 saturated carbocycles. The molecule has 2 aromatic heterocycles. The summed E-state index contributed by atoms with van der Waals surface area (Å²) in [7, 11) is 0. The van der Waals surface area contributed by atoms with Crippen LogP contribution in [0.1, 0.15) is 30.8 Å². The van der Waals surface area contributed by atoms with Gasteiger partial charge in [-0.3, -0.25) is 4.79 Å². The number of allylic oxidation sites excluding steroid dienone is 1. The number of nitrogens with one attached hydrogen (secondary N) is 2. The third-order valence-electron chi connectivity index (χ3n) is 4.33. The van der Waals surface area contributed by atoms with Gasteiger partial charge in [0.1, 0.15) is 5.82 Å². The Kier molecular flexibility index (Phi) is 5.50. The zero-order valence-electron chi connectivity index (χ0n) is 15.2. The highest BCUT2D eigenvalue weighted by molar-refractivity contribution is 5.88. The molecule has 138 valence electrons. The number of anilines is 2. The summed E-state index contributed by atoms with van der Waals surface area (Å²) in [6.07, 6.45) is 7.36. The number of fused-ring (bicyclic) bond motifs is 1. The minimum absolute atomic E-state index is 0.0486. The predicted molar refractivity (Wildman–Crippen MR) is 101 cm³/mol. The van der Waals surface area contributed by atoms with Crippen molar-refractivity contribution >= 4 is 17.7 Å². The molecule has 3 heterocycles. The number of imidazole rings is 1. The van der Waals surface area contributed by atoms with Crippen LogP contribution in [0.15, 0.2) is 24.2 Å². The first-order chi connectivity index (χ1) is 12.5. The third kappa shape index (κ3) is 4.38. The van der Waals surface area contributed by atoms with Crippen molar-refractivity contribution in [3.05, 3.63) is 41.1 Å². The molecule has 8 heteroatoms. The zero-order valence-corrected chi connectivity index (χ0v) is 15.2. The fraction of sp³-hybridized carbons (Fsp3) is 0.444. The standard InChI is InChI=1S/C18H25N7O/c1-12(2)9-16(26)25-7-4-14-15(5-8-25)23-18(19)24-17(14)21-6-3-13-10-20-11-22-13/h9-11H,3-8H2,1-2H3,(H,20,22)(H3,19,21,23,24). The first kappa shape index (κ1) is 17.9. The van der Waals surface area contributed by atoms with E-state index in [0.717, 1.165) is 34.8 Å². The Bertz CT molecular complexity index is 794. The highest BCUT2D eigenvalue weighted by Gasteiger charge is 2.21. The number of amides is 1. The second-order valence-electron chi connectivity index (χ2n) is 6.66. The number of nitrogens with zero attached hydrogens (tertiary/aromatic N) is 4. The lowest BCUT2D eigenvalue weighted by Crippen LogP contribution is -2.32. The van der Waals surface area contributed by atoms with Crippen LogP contribution in [0.2, 0.25) is 0 Å². The number of H-pyrrole nitrogens is 1. The van der Waals surface area contributed by atoms with Crippen LogP contribution in [0, 0.1) is 0 Å². The first-order valence-corrected chi connectivity index (χ1v) is 8.83. The normalized spacial score (nSPS) is 13.7. The van der Waals surface area contributed by atoms with Crippen LogP contribution >= 0.6 is 0 Å². The minimum atomic E-state index is 0.0486. The Balaban J connectivity index is 1.71. The maximum atomic E-state index is 12.3. The molecule has 0 bridgehead atoms. The van der Waals surface area contributed by atoms with Crippen molar-refractivity contribution in [2.75, 3.05) is 30.7 Å². The summed E-state index contributed by atoms with van der Waals surface area (Å²) >= 11 is 0. The molecule has 0 unspecified atom stereocenters. The van der Waals surface area contributed by atoms with Gasteiger partial charge in [0.25, 0.3) is 0 Å². The van der Waals surface area contributed by atoms with E-state index >= 15 is 0 Å². The van der Waals surface area contributed by atoms with Crippen LogP contribution in [0.4, 0.5) is 11.8 Å². The quantitative estimate of drug-likeness (QED) is 0.698. The lowest BCUT2D eigenvalue weighted by molar-refractivity contribution is -0.125. The first-order valence-electron chi connectivity index (χ1n) is 8.83. The summed E-state index contributed by atoms with van der Waals surface area (Å²) in [4.78, 5) is 30.1. The summed E-state index contributed by atoms with van der Waals surface area (Å²) in [5, 5.41) is 3.36. The Hall–Kier alpha value is -2.90. The van der Waals surface area contributed by atoms with Crippen LogP contribution < -0.4 is 11.1 Å². The molecule has 8 nitrogen and oxygen atoms in total. The number of hydrogen-bond donors (Lipinski definition) is 3. The van der Waals surface area contributed by atoms with Gasteiger partial charge in [-0.15, -0.1) is 0 Å². The molecule has 0 aromatic carbocycles. The number of rotatable bonds is 5. The van der Waals surface area contributed by atoms with E-state index in [4.69, 9.17) is 5.73 Å². The molecule has 0 spiro atoms. The van der Waals surface area contributed by atoms with Crippen molar-refractivity contribution in [2.45, 2.75) is 33.1 Å². The van der Waals surface area contributed by atoms with Gasteiger partial charge in [0.2, 0.25) is 11.9 Å². The minimum Gasteiger partial charge on any atom is -0.369 e. The number of hydrogen-bond acceptors (Lipinski definition) is 6. The van der Waals surface area contributed by atoms with Crippen LogP contribution in [0.3, 0.4) is 0 Å². The van der Waals surface area contributed by atoms with Crippen LogP contribution in [0.5, 0.6) is 0 Å². The van der Waals surface area contributed by atoms with Gasteiger partial charge in [-0.25, -0.2) is 9.97 Å². The number of carbonyl (C=O) groups is 1. The average Bonchev–Trinajstić information content (AvgIpc) is 2.99. The summed E-state index contributed by atoms with van der Waals surface area (Å²) in [5.41, 5.74) is 9.93. The van der Waals surface area contributed by atoms with Gasteiger partial charge in [-0.1, -0.05) is 5.57 Å². The zero-order chi connectivity index (χ0) is 18.5. The van der Waals surface area contributed by atoms with Gasteiger partial charge < -0.3 is 20.9 Å². The van der Waals surface area contributed by atoms with Crippen molar-refractivity contribution in [2.24, 2.45) is 0 Å². The summed E-state index contributed by atoms with van der Waals surface area (Å²) in [5.74, 6) is 1.08. The molecule has 0 atom stereocenters. The van der Waals surface area contributed by atoms with E-state index in [0.29, 0.717) is 32.5 Å². The Morgan fingerprint density at radius 1 is 1.35 bits per heavy atom. The van der Waals surface area contributed by atoms with E-state index in [1.807, 2.05) is 24.9 Å². The largest absolute Gasteiger partial charge is 0.369 e. The van der Waals surface area contributed by atoms with Crippen LogP contribution in [0.25, 0.3) is 0 Å². The van der Waals surface area contributed by atoms with E-state index in [1.54, 1.807) is 12.4 Å². The van der Waals surface area contributed by atoms with Gasteiger partial charge in [-0.2, -0.15) is 4.98 Å². The number of carbonyl (C=O) groups excluding carboxylic acids is 1. The van der Waals surface area contributed by atoms with Crippen molar-refractivity contribution < 1.29 is 4.79 Å². The molecule has 0 aliphatic carbocycles. The Morgan fingerprint density at radius 2 is 2.15 bits per heavy atom. The molecule has 4 N–H and O–H groups in total. The van der Waals surface area contributed by atoms with Crippen LogP contribution in [-0.4, -0.2) is 50.4 Å². The lowest BCUT2D eigenvalue weighted by atomic mass is 10.1. The number of aromatic amines is 1. The van der Waals surface area contributed by atoms with E-state index in [2.05, 4.69) is 25.3 Å². The highest BCUT2D eigenvalue weighted by Crippen LogP contribution is 2.22. The molecule has 0 radical (unpaired) electrons. The predicted octanol–water partition coefficient (Wildman–Crippen LogP) is 1.33. The highest BCUT2D eigenvalue weighted by atomic mass is 16.2. The lowest BCUT2D eigenvalue weighted by Gasteiger charge is -2.18. The van der Waals surface area contributed by atoms with Crippen LogP contribution in [-0.2, 0) is 24.1 Å². The van der Waals surface area contributed by atoms with E-state index in [1.165, 1.54) is 0 Å². The Labute approximate surface area is 152 Å². The summed E-state index contributed by atoms with van der Waals surface area (Å²) in [6, 6.07) is 0. The second-order valence-corrected chi connectivity index (χ2v) is 6.66. The molecular weight excluding hydrogens is 330 g/mol. The molecule has 0 fully saturated rings. The van der Waals surface area contributed by atoms with Crippen molar-refractivity contribution in [1.82, 2.24) is 24.8 Å².